The van der Waals surface area contributed by atoms with Gasteiger partial charge >= 0.3 is 0 Å². The van der Waals surface area contributed by atoms with Crippen molar-refractivity contribution in [3.8, 4) is 6.07 Å². The van der Waals surface area contributed by atoms with Crippen LogP contribution < -0.4 is 5.32 Å². The number of nitrogens with one attached hydrogen (secondary N) is 1. The monoisotopic (exact) mass is 396 g/mol. The minimum Gasteiger partial charge on any atom is -0.468 e. The molecule has 4 heterocycles. The number of ether oxygens (including phenoxy) is 3. The molecule has 1 N–H and O–H groups in total. The summed E-state index contributed by atoms with van der Waals surface area (Å²) in [5.41, 5.74) is 2.02. The second kappa shape index (κ2) is 8.59. The molecule has 2 aliphatic rings. The quantitative estimate of drug-likeness (QED) is 0.611. The van der Waals surface area contributed by atoms with Crippen LogP contribution in [0.1, 0.15) is 31.5 Å². The van der Waals surface area contributed by atoms with Gasteiger partial charge in [0.05, 0.1) is 18.9 Å². The summed E-state index contributed by atoms with van der Waals surface area (Å²) in [4.78, 5) is 13.4. The summed E-state index contributed by atoms with van der Waals surface area (Å²) in [5.74, 6) is 0.915. The third kappa shape index (κ3) is 3.95. The van der Waals surface area contributed by atoms with Crippen molar-refractivity contribution >= 4 is 22.9 Å². The first-order valence-electron chi connectivity index (χ1n) is 9.74. The van der Waals surface area contributed by atoms with Crippen LogP contribution in [0.3, 0.4) is 0 Å². The van der Waals surface area contributed by atoms with Crippen molar-refractivity contribution in [3.63, 3.8) is 0 Å². The number of hydrogen-bond acceptors (Lipinski definition) is 8. The highest BCUT2D eigenvalue weighted by Gasteiger charge is 2.24. The number of anilines is 1. The Morgan fingerprint density at radius 3 is 2.79 bits per heavy atom. The number of rotatable bonds is 5. The summed E-state index contributed by atoms with van der Waals surface area (Å²) in [6, 6.07) is 4.31. The van der Waals surface area contributed by atoms with E-state index in [1.165, 1.54) is 0 Å². The Balaban J connectivity index is 1.63. The van der Waals surface area contributed by atoms with Gasteiger partial charge in [0.25, 0.3) is 0 Å². The van der Waals surface area contributed by atoms with Crippen molar-refractivity contribution in [1.82, 2.24) is 14.5 Å². The minimum absolute atomic E-state index is 0.0118. The van der Waals surface area contributed by atoms with Crippen LogP contribution in [-0.2, 0) is 14.2 Å². The van der Waals surface area contributed by atoms with Crippen LogP contribution in [-0.4, -0.2) is 60.0 Å². The molecular weight excluding hydrogens is 372 g/mol. The van der Waals surface area contributed by atoms with Crippen molar-refractivity contribution < 1.29 is 14.2 Å². The predicted octanol–water partition coefficient (Wildman–Crippen LogP) is 2.41. The SMILES string of the molecule is C/C=C(Nc1ncc2cc(C#N)n(C3CCOCC3)c2n1)\C(=N/C)OC1COC1. The van der Waals surface area contributed by atoms with Gasteiger partial charge in [0.15, 0.2) is 0 Å². The Bertz CT molecular complexity index is 980. The topological polar surface area (TPSA) is 107 Å². The number of nitrogens with zero attached hydrogens (tertiary/aromatic N) is 5. The Morgan fingerprint density at radius 1 is 1.38 bits per heavy atom. The summed E-state index contributed by atoms with van der Waals surface area (Å²) >= 11 is 0. The normalized spacial score (nSPS) is 19.1. The van der Waals surface area contributed by atoms with E-state index in [4.69, 9.17) is 19.2 Å². The van der Waals surface area contributed by atoms with Crippen LogP contribution in [0.5, 0.6) is 0 Å². The van der Waals surface area contributed by atoms with E-state index < -0.39 is 0 Å². The Labute approximate surface area is 169 Å². The molecule has 9 heteroatoms. The summed E-state index contributed by atoms with van der Waals surface area (Å²) in [5, 5.41) is 13.6. The van der Waals surface area contributed by atoms with Gasteiger partial charge in [-0.15, -0.1) is 0 Å². The lowest BCUT2D eigenvalue weighted by Gasteiger charge is -2.27. The van der Waals surface area contributed by atoms with E-state index in [1.807, 2.05) is 23.6 Å². The summed E-state index contributed by atoms with van der Waals surface area (Å²) < 4.78 is 18.5. The molecule has 0 bridgehead atoms. The number of allylic oxidation sites excluding steroid dienone is 1. The van der Waals surface area contributed by atoms with E-state index in [9.17, 15) is 5.26 Å². The first-order valence-corrected chi connectivity index (χ1v) is 9.74. The zero-order valence-electron chi connectivity index (χ0n) is 16.6. The van der Waals surface area contributed by atoms with Gasteiger partial charge in [-0.05, 0) is 25.8 Å². The van der Waals surface area contributed by atoms with E-state index in [0.29, 0.717) is 49.7 Å². The predicted molar refractivity (Wildman–Crippen MR) is 108 cm³/mol. The molecule has 0 saturated carbocycles. The fourth-order valence-corrected chi connectivity index (χ4v) is 3.51. The maximum absolute atomic E-state index is 9.60. The maximum Gasteiger partial charge on any atom is 0.232 e. The zero-order chi connectivity index (χ0) is 20.2. The smallest absolute Gasteiger partial charge is 0.232 e. The minimum atomic E-state index is 0.0118. The van der Waals surface area contributed by atoms with Gasteiger partial charge in [-0.2, -0.15) is 10.2 Å². The molecule has 2 saturated heterocycles. The molecule has 152 valence electrons. The molecule has 0 unspecified atom stereocenters. The lowest BCUT2D eigenvalue weighted by Crippen LogP contribution is -2.38. The Morgan fingerprint density at radius 2 is 2.17 bits per heavy atom. The van der Waals surface area contributed by atoms with Crippen LogP contribution in [0.15, 0.2) is 29.0 Å². The molecule has 4 rings (SSSR count). The largest absolute Gasteiger partial charge is 0.468 e. The van der Waals surface area contributed by atoms with E-state index in [0.717, 1.165) is 23.9 Å². The van der Waals surface area contributed by atoms with Gasteiger partial charge in [-0.25, -0.2) is 4.98 Å². The lowest BCUT2D eigenvalue weighted by molar-refractivity contribution is -0.0856. The average molecular weight is 396 g/mol. The molecule has 2 fully saturated rings. The van der Waals surface area contributed by atoms with Gasteiger partial charge < -0.3 is 24.1 Å². The summed E-state index contributed by atoms with van der Waals surface area (Å²) in [7, 11) is 1.68. The molecule has 2 aliphatic heterocycles. The highest BCUT2D eigenvalue weighted by atomic mass is 16.6. The van der Waals surface area contributed by atoms with Crippen molar-refractivity contribution in [2.24, 2.45) is 4.99 Å². The van der Waals surface area contributed by atoms with Gasteiger partial charge in [0, 0.05) is 37.9 Å². The van der Waals surface area contributed by atoms with Crippen molar-refractivity contribution in [2.75, 3.05) is 38.8 Å². The second-order valence-corrected chi connectivity index (χ2v) is 6.96. The maximum atomic E-state index is 9.60. The summed E-state index contributed by atoms with van der Waals surface area (Å²) in [6.45, 7) is 4.40. The third-order valence-corrected chi connectivity index (χ3v) is 5.10. The Kier molecular flexibility index (Phi) is 5.74. The first-order chi connectivity index (χ1) is 14.2. The molecule has 2 aromatic rings. The van der Waals surface area contributed by atoms with E-state index >= 15 is 0 Å². The molecule has 0 amide bonds. The van der Waals surface area contributed by atoms with Crippen LogP contribution in [0.25, 0.3) is 11.0 Å². The van der Waals surface area contributed by atoms with E-state index in [2.05, 4.69) is 21.4 Å². The Hall–Kier alpha value is -2.96. The van der Waals surface area contributed by atoms with Gasteiger partial charge in [0.2, 0.25) is 11.8 Å². The average Bonchev–Trinajstić information content (AvgIpc) is 3.10. The van der Waals surface area contributed by atoms with Crippen LogP contribution >= 0.6 is 0 Å². The fourth-order valence-electron chi connectivity index (χ4n) is 3.51. The van der Waals surface area contributed by atoms with Crippen molar-refractivity contribution in [2.45, 2.75) is 31.9 Å². The van der Waals surface area contributed by atoms with Crippen molar-refractivity contribution in [3.05, 3.63) is 29.7 Å². The molecule has 0 spiro atoms. The van der Waals surface area contributed by atoms with E-state index in [-0.39, 0.29) is 12.1 Å². The molecular formula is C20H24N6O3. The number of aliphatic imine (C=N–C) groups is 1. The van der Waals surface area contributed by atoms with Gasteiger partial charge in [-0.3, -0.25) is 4.99 Å². The van der Waals surface area contributed by atoms with Crippen LogP contribution in [0, 0.1) is 11.3 Å². The highest BCUT2D eigenvalue weighted by molar-refractivity contribution is 5.96. The molecule has 9 nitrogen and oxygen atoms in total. The molecule has 29 heavy (non-hydrogen) atoms. The number of hydrogen-bond donors (Lipinski definition) is 1. The first kappa shape index (κ1) is 19.4. The molecule has 2 aromatic heterocycles. The lowest BCUT2D eigenvalue weighted by atomic mass is 10.1. The van der Waals surface area contributed by atoms with Crippen LogP contribution in [0.4, 0.5) is 5.95 Å². The molecule has 0 aromatic carbocycles. The second-order valence-electron chi connectivity index (χ2n) is 6.96. The fraction of sp³-hybridized carbons (Fsp3) is 0.500. The number of aromatic nitrogens is 3. The number of nitriles is 1. The van der Waals surface area contributed by atoms with Gasteiger partial charge in [-0.1, -0.05) is 6.08 Å². The highest BCUT2D eigenvalue weighted by Crippen LogP contribution is 2.29. The van der Waals surface area contributed by atoms with Crippen molar-refractivity contribution in [1.29, 1.82) is 5.26 Å². The van der Waals surface area contributed by atoms with E-state index in [1.54, 1.807) is 13.2 Å². The standard InChI is InChI=1S/C20H24N6O3/c1-3-17(19(22-2)29-16-11-28-12-16)24-20-23-10-13-8-15(9-21)26(18(13)25-20)14-4-6-27-7-5-14/h3,8,10,14,16H,4-7,11-12H2,1-2H3,(H,23,24,25)/b17-3+,22-19+. The molecule has 0 aliphatic carbocycles. The third-order valence-electron chi connectivity index (χ3n) is 5.10. The summed E-state index contributed by atoms with van der Waals surface area (Å²) in [6.07, 6.45) is 5.33. The molecule has 0 radical (unpaired) electrons. The van der Waals surface area contributed by atoms with Crippen LogP contribution in [0.2, 0.25) is 0 Å². The van der Waals surface area contributed by atoms with Gasteiger partial charge in [0.1, 0.15) is 23.5 Å². The number of fused-ring (bicyclic) bond motifs is 1. The molecule has 0 atom stereocenters. The zero-order valence-corrected chi connectivity index (χ0v) is 16.6.